The fourth-order valence-electron chi connectivity index (χ4n) is 1.55. The van der Waals surface area contributed by atoms with E-state index in [-0.39, 0.29) is 12.6 Å². The van der Waals surface area contributed by atoms with Crippen molar-refractivity contribution in [2.24, 2.45) is 0 Å². The maximum absolute atomic E-state index is 11.9. The second kappa shape index (κ2) is 6.53. The summed E-state index contributed by atoms with van der Waals surface area (Å²) in [5, 5.41) is 5.15. The summed E-state index contributed by atoms with van der Waals surface area (Å²) in [4.78, 5) is 15.4. The second-order valence-corrected chi connectivity index (χ2v) is 5.02. The maximum Gasteiger partial charge on any atom is 0.409 e. The molecular formula is C14H11F3N2OS. The highest BCUT2D eigenvalue weighted by Crippen LogP contribution is 2.21. The Kier molecular flexibility index (Phi) is 4.74. The van der Waals surface area contributed by atoms with Crippen molar-refractivity contribution in [2.75, 3.05) is 0 Å². The van der Waals surface area contributed by atoms with Crippen molar-refractivity contribution in [3.8, 4) is 10.6 Å². The number of amides is 1. The van der Waals surface area contributed by atoms with Crippen molar-refractivity contribution in [1.82, 2.24) is 10.3 Å². The van der Waals surface area contributed by atoms with Crippen LogP contribution in [0.4, 0.5) is 13.2 Å². The molecule has 2 aromatic rings. The van der Waals surface area contributed by atoms with E-state index in [1.165, 1.54) is 11.3 Å². The minimum absolute atomic E-state index is 0.0894. The van der Waals surface area contributed by atoms with E-state index >= 15 is 0 Å². The zero-order chi connectivity index (χ0) is 15.3. The van der Waals surface area contributed by atoms with E-state index in [0.29, 0.717) is 6.08 Å². The van der Waals surface area contributed by atoms with Crippen LogP contribution in [0.25, 0.3) is 10.6 Å². The highest BCUT2D eigenvalue weighted by molar-refractivity contribution is 7.13. The highest BCUT2D eigenvalue weighted by atomic mass is 32.1. The Morgan fingerprint density at radius 2 is 2.00 bits per heavy atom. The first-order chi connectivity index (χ1) is 9.94. The van der Waals surface area contributed by atoms with Crippen LogP contribution in [-0.4, -0.2) is 17.1 Å². The number of thiazole rings is 1. The number of halogens is 3. The van der Waals surface area contributed by atoms with Gasteiger partial charge in [0.15, 0.2) is 0 Å². The third kappa shape index (κ3) is 5.03. The first-order valence-electron chi connectivity index (χ1n) is 5.97. The summed E-state index contributed by atoms with van der Waals surface area (Å²) < 4.78 is 35.7. The summed E-state index contributed by atoms with van der Waals surface area (Å²) in [5.41, 5.74) is 1.75. The second-order valence-electron chi connectivity index (χ2n) is 4.13. The molecule has 0 atom stereocenters. The summed E-state index contributed by atoms with van der Waals surface area (Å²) in [6.45, 7) is 0.166. The molecule has 1 amide bonds. The number of nitrogens with one attached hydrogen (secondary N) is 1. The standard InChI is InChI=1S/C14H11F3N2OS/c15-14(16,17)6-5-12(20)19-9-10-1-3-11(4-2-10)13-18-7-8-21-13/h1-8H,9H2,(H,19,20)/b6-5+. The predicted octanol–water partition coefficient (Wildman–Crippen LogP) is 3.54. The van der Waals surface area contributed by atoms with E-state index in [9.17, 15) is 18.0 Å². The zero-order valence-corrected chi connectivity index (χ0v) is 11.5. The molecule has 1 aromatic carbocycles. The first kappa shape index (κ1) is 15.2. The lowest BCUT2D eigenvalue weighted by atomic mass is 10.1. The average molecular weight is 312 g/mol. The van der Waals surface area contributed by atoms with Crippen LogP contribution in [0.15, 0.2) is 48.0 Å². The predicted molar refractivity (Wildman–Crippen MR) is 74.6 cm³/mol. The van der Waals surface area contributed by atoms with Gasteiger partial charge in [0.25, 0.3) is 0 Å². The molecule has 1 N–H and O–H groups in total. The molecule has 0 aliphatic rings. The van der Waals surface area contributed by atoms with Crippen LogP contribution >= 0.6 is 11.3 Å². The molecule has 21 heavy (non-hydrogen) atoms. The Morgan fingerprint density at radius 3 is 2.57 bits per heavy atom. The number of carbonyl (C=O) groups excluding carboxylic acids is 1. The maximum atomic E-state index is 11.9. The molecule has 7 heteroatoms. The smallest absolute Gasteiger partial charge is 0.348 e. The minimum Gasteiger partial charge on any atom is -0.348 e. The SMILES string of the molecule is O=C(/C=C/C(F)(F)F)NCc1ccc(-c2nccs2)cc1. The fourth-order valence-corrected chi connectivity index (χ4v) is 2.19. The number of alkyl halides is 3. The summed E-state index contributed by atoms with van der Waals surface area (Å²) >= 11 is 1.51. The molecule has 1 heterocycles. The van der Waals surface area contributed by atoms with Gasteiger partial charge in [-0.15, -0.1) is 11.3 Å². The Balaban J connectivity index is 1.89. The summed E-state index contributed by atoms with van der Waals surface area (Å²) in [5.74, 6) is -0.781. The quantitative estimate of drug-likeness (QED) is 0.877. The molecule has 3 nitrogen and oxygen atoms in total. The molecule has 0 saturated heterocycles. The lowest BCUT2D eigenvalue weighted by Gasteiger charge is -2.04. The average Bonchev–Trinajstić information content (AvgIpc) is 2.97. The molecule has 0 spiro atoms. The minimum atomic E-state index is -4.48. The number of hydrogen-bond donors (Lipinski definition) is 1. The van der Waals surface area contributed by atoms with Gasteiger partial charge in [-0.05, 0) is 5.56 Å². The molecule has 0 saturated carbocycles. The lowest BCUT2D eigenvalue weighted by Crippen LogP contribution is -2.21. The molecule has 110 valence electrons. The molecule has 0 radical (unpaired) electrons. The van der Waals surface area contributed by atoms with Crippen molar-refractivity contribution in [3.63, 3.8) is 0 Å². The van der Waals surface area contributed by atoms with Crippen LogP contribution in [-0.2, 0) is 11.3 Å². The largest absolute Gasteiger partial charge is 0.409 e. The third-order valence-corrected chi connectivity index (χ3v) is 3.35. The molecule has 0 fully saturated rings. The Bertz CT molecular complexity index is 619. The number of nitrogens with zero attached hydrogens (tertiary/aromatic N) is 1. The van der Waals surface area contributed by atoms with Gasteiger partial charge in [0.05, 0.1) is 0 Å². The number of allylic oxidation sites excluding steroid dienone is 1. The van der Waals surface area contributed by atoms with Gasteiger partial charge >= 0.3 is 6.18 Å². The van der Waals surface area contributed by atoms with Gasteiger partial charge < -0.3 is 5.32 Å². The topological polar surface area (TPSA) is 42.0 Å². The van der Waals surface area contributed by atoms with Gasteiger partial charge in [0.2, 0.25) is 5.91 Å². The third-order valence-electron chi connectivity index (χ3n) is 2.52. The van der Waals surface area contributed by atoms with E-state index in [1.54, 1.807) is 18.3 Å². The number of benzene rings is 1. The van der Waals surface area contributed by atoms with Crippen molar-refractivity contribution < 1.29 is 18.0 Å². The van der Waals surface area contributed by atoms with Gasteiger partial charge in [-0.25, -0.2) is 4.98 Å². The van der Waals surface area contributed by atoms with Gasteiger partial charge in [0.1, 0.15) is 5.01 Å². The summed E-state index contributed by atoms with van der Waals surface area (Å²) in [7, 11) is 0. The monoisotopic (exact) mass is 312 g/mol. The van der Waals surface area contributed by atoms with E-state index in [2.05, 4.69) is 10.3 Å². The van der Waals surface area contributed by atoms with E-state index in [0.717, 1.165) is 16.1 Å². The summed E-state index contributed by atoms with van der Waals surface area (Å²) in [6, 6.07) is 7.30. The van der Waals surface area contributed by atoms with Crippen molar-refractivity contribution in [2.45, 2.75) is 12.7 Å². The van der Waals surface area contributed by atoms with Crippen molar-refractivity contribution >= 4 is 17.2 Å². The lowest BCUT2D eigenvalue weighted by molar-refractivity contribution is -0.117. The normalized spacial score (nSPS) is 11.8. The molecule has 0 aliphatic heterocycles. The number of carbonyl (C=O) groups is 1. The van der Waals surface area contributed by atoms with Crippen molar-refractivity contribution in [3.05, 3.63) is 53.6 Å². The van der Waals surface area contributed by atoms with Gasteiger partial charge in [-0.1, -0.05) is 24.3 Å². The van der Waals surface area contributed by atoms with E-state index in [4.69, 9.17) is 0 Å². The van der Waals surface area contributed by atoms with Gasteiger partial charge in [-0.2, -0.15) is 13.2 Å². The molecular weight excluding hydrogens is 301 g/mol. The number of aromatic nitrogens is 1. The Labute approximate surface area is 123 Å². The zero-order valence-electron chi connectivity index (χ0n) is 10.7. The van der Waals surface area contributed by atoms with E-state index < -0.39 is 12.1 Å². The van der Waals surface area contributed by atoms with Crippen LogP contribution < -0.4 is 5.32 Å². The van der Waals surface area contributed by atoms with Crippen LogP contribution in [0, 0.1) is 0 Å². The Morgan fingerprint density at radius 1 is 1.29 bits per heavy atom. The molecule has 2 rings (SSSR count). The summed E-state index contributed by atoms with van der Waals surface area (Å²) in [6.07, 6.45) is -2.38. The van der Waals surface area contributed by atoms with Crippen LogP contribution in [0.2, 0.25) is 0 Å². The molecule has 0 bridgehead atoms. The molecule has 0 unspecified atom stereocenters. The van der Waals surface area contributed by atoms with E-state index in [1.807, 2.05) is 17.5 Å². The van der Waals surface area contributed by atoms with Crippen LogP contribution in [0.1, 0.15) is 5.56 Å². The number of rotatable bonds is 4. The Hall–Kier alpha value is -2.15. The number of hydrogen-bond acceptors (Lipinski definition) is 3. The van der Waals surface area contributed by atoms with Crippen LogP contribution in [0.5, 0.6) is 0 Å². The van der Waals surface area contributed by atoms with Gasteiger partial charge in [0, 0.05) is 35.8 Å². The highest BCUT2D eigenvalue weighted by Gasteiger charge is 2.22. The van der Waals surface area contributed by atoms with Crippen molar-refractivity contribution in [1.29, 1.82) is 0 Å². The molecule has 0 aliphatic carbocycles. The fraction of sp³-hybridized carbons (Fsp3) is 0.143. The van der Waals surface area contributed by atoms with Gasteiger partial charge in [-0.3, -0.25) is 4.79 Å². The van der Waals surface area contributed by atoms with Crippen LogP contribution in [0.3, 0.4) is 0 Å². The first-order valence-corrected chi connectivity index (χ1v) is 6.84. The molecule has 1 aromatic heterocycles.